The second kappa shape index (κ2) is 7.60. The van der Waals surface area contributed by atoms with Gasteiger partial charge in [-0.15, -0.1) is 0 Å². The minimum atomic E-state index is -0.348. The van der Waals surface area contributed by atoms with Gasteiger partial charge in [-0.05, 0) is 45.2 Å². The first-order chi connectivity index (χ1) is 12.4. The number of amides is 1. The number of β-amino-alcohol motifs (C(OH)–C–C–N with tert-alkyl or cyclic N) is 1. The van der Waals surface area contributed by atoms with Crippen LogP contribution in [0.15, 0.2) is 30.3 Å². The summed E-state index contributed by atoms with van der Waals surface area (Å²) in [6.45, 7) is 9.14. The lowest BCUT2D eigenvalue weighted by Gasteiger charge is -2.23. The second-order valence-electron chi connectivity index (χ2n) is 7.15. The number of nitrogens with one attached hydrogen (secondary N) is 1. The number of hydrogen-bond donors (Lipinski definition) is 2. The maximum atomic E-state index is 12.8. The number of aliphatic hydroxyl groups excluding tert-OH is 1. The van der Waals surface area contributed by atoms with Gasteiger partial charge in [0.1, 0.15) is 0 Å². The summed E-state index contributed by atoms with van der Waals surface area (Å²) in [4.78, 5) is 14.8. The first-order valence-electron chi connectivity index (χ1n) is 9.27. The monoisotopic (exact) mass is 356 g/mol. The molecule has 2 aromatic rings. The van der Waals surface area contributed by atoms with Gasteiger partial charge in [-0.2, -0.15) is 5.10 Å². The number of hydrogen-bond acceptors (Lipinski definition) is 4. The van der Waals surface area contributed by atoms with Crippen molar-refractivity contribution in [2.24, 2.45) is 5.92 Å². The predicted octanol–water partition coefficient (Wildman–Crippen LogP) is 2.52. The zero-order valence-electron chi connectivity index (χ0n) is 15.9. The minimum absolute atomic E-state index is 0.0623. The third-order valence-corrected chi connectivity index (χ3v) is 5.43. The Morgan fingerprint density at radius 1 is 1.31 bits per heavy atom. The van der Waals surface area contributed by atoms with Crippen LogP contribution in [-0.4, -0.2) is 50.9 Å². The molecule has 1 fully saturated rings. The van der Waals surface area contributed by atoms with Crippen molar-refractivity contribution in [3.8, 4) is 5.69 Å². The van der Waals surface area contributed by atoms with Crippen molar-refractivity contribution < 1.29 is 9.90 Å². The molecule has 0 unspecified atom stereocenters. The number of aryl methyl sites for hydroxylation is 1. The van der Waals surface area contributed by atoms with Gasteiger partial charge >= 0.3 is 0 Å². The summed E-state index contributed by atoms with van der Waals surface area (Å²) in [6.07, 6.45) is 0.577. The molecule has 3 atom stereocenters. The van der Waals surface area contributed by atoms with Gasteiger partial charge in [0.2, 0.25) is 5.91 Å². The minimum Gasteiger partial charge on any atom is -0.391 e. The Hall–Kier alpha value is -2.18. The van der Waals surface area contributed by atoms with Gasteiger partial charge in [0.15, 0.2) is 0 Å². The van der Waals surface area contributed by atoms with Crippen LogP contribution in [0, 0.1) is 19.8 Å². The molecule has 3 rings (SSSR count). The van der Waals surface area contributed by atoms with E-state index in [-0.39, 0.29) is 24.0 Å². The number of para-hydroxylation sites is 1. The van der Waals surface area contributed by atoms with Crippen molar-refractivity contribution in [3.05, 3.63) is 41.7 Å². The first-order valence-corrected chi connectivity index (χ1v) is 9.27. The number of carbonyl (C=O) groups is 1. The van der Waals surface area contributed by atoms with Crippen LogP contribution < -0.4 is 5.32 Å². The third-order valence-electron chi connectivity index (χ3n) is 5.43. The molecule has 2 heterocycles. The molecule has 1 amide bonds. The molecule has 0 aliphatic carbocycles. The van der Waals surface area contributed by atoms with Crippen LogP contribution in [-0.2, 0) is 4.79 Å². The molecule has 140 valence electrons. The molecule has 0 saturated carbocycles. The first kappa shape index (κ1) is 18.6. The number of rotatable bonds is 5. The Labute approximate surface area is 154 Å². The Kier molecular flexibility index (Phi) is 5.44. The van der Waals surface area contributed by atoms with Crippen LogP contribution in [0.25, 0.3) is 5.69 Å². The maximum absolute atomic E-state index is 12.8. The van der Waals surface area contributed by atoms with E-state index in [1.54, 1.807) is 0 Å². The molecule has 1 saturated heterocycles. The Balaban J connectivity index is 1.75. The van der Waals surface area contributed by atoms with E-state index in [9.17, 15) is 9.90 Å². The van der Waals surface area contributed by atoms with E-state index in [1.165, 1.54) is 0 Å². The van der Waals surface area contributed by atoms with E-state index in [0.29, 0.717) is 6.54 Å². The van der Waals surface area contributed by atoms with E-state index >= 15 is 0 Å². The zero-order valence-corrected chi connectivity index (χ0v) is 15.9. The average molecular weight is 356 g/mol. The third kappa shape index (κ3) is 3.52. The molecule has 2 N–H and O–H groups in total. The van der Waals surface area contributed by atoms with E-state index in [0.717, 1.165) is 35.7 Å². The summed E-state index contributed by atoms with van der Waals surface area (Å²) in [5, 5.41) is 17.7. The standard InChI is InChI=1S/C20H28N4O2/c1-5-16-11-23(12-18(16)25)15(4)20(26)21-19-13(2)22-24(14(19)3)17-9-7-6-8-10-17/h6-10,15-16,18,25H,5,11-12H2,1-4H3,(H,21,26)/t15-,16-,18+/m1/s1. The molecule has 1 aliphatic heterocycles. The van der Waals surface area contributed by atoms with Crippen molar-refractivity contribution in [1.82, 2.24) is 14.7 Å². The number of nitrogens with zero attached hydrogens (tertiary/aromatic N) is 3. The van der Waals surface area contributed by atoms with Crippen LogP contribution in [0.4, 0.5) is 5.69 Å². The molecule has 6 heteroatoms. The van der Waals surface area contributed by atoms with Crippen molar-refractivity contribution in [1.29, 1.82) is 0 Å². The Morgan fingerprint density at radius 2 is 2.00 bits per heavy atom. The zero-order chi connectivity index (χ0) is 18.8. The van der Waals surface area contributed by atoms with Crippen LogP contribution in [0.1, 0.15) is 31.7 Å². The summed E-state index contributed by atoms with van der Waals surface area (Å²) in [5.41, 5.74) is 3.43. The highest BCUT2D eigenvalue weighted by atomic mass is 16.3. The molecular weight excluding hydrogens is 328 g/mol. The summed E-state index contributed by atoms with van der Waals surface area (Å²) in [5.74, 6) is 0.183. The van der Waals surface area contributed by atoms with Gasteiger partial charge in [-0.25, -0.2) is 4.68 Å². The molecular formula is C20H28N4O2. The largest absolute Gasteiger partial charge is 0.391 e. The summed E-state index contributed by atoms with van der Waals surface area (Å²) in [7, 11) is 0. The lowest BCUT2D eigenvalue weighted by molar-refractivity contribution is -0.120. The number of likely N-dealkylation sites (tertiary alicyclic amines) is 1. The smallest absolute Gasteiger partial charge is 0.241 e. The quantitative estimate of drug-likeness (QED) is 0.864. The van der Waals surface area contributed by atoms with Gasteiger partial charge in [0.05, 0.1) is 34.9 Å². The van der Waals surface area contributed by atoms with E-state index in [1.807, 2.05) is 55.8 Å². The molecule has 0 spiro atoms. The normalized spacial score (nSPS) is 21.7. The van der Waals surface area contributed by atoms with Gasteiger partial charge in [-0.3, -0.25) is 9.69 Å². The van der Waals surface area contributed by atoms with E-state index < -0.39 is 0 Å². The fourth-order valence-corrected chi connectivity index (χ4v) is 3.64. The predicted molar refractivity (Wildman–Crippen MR) is 102 cm³/mol. The SMILES string of the molecule is CC[C@@H]1CN([C@H](C)C(=O)Nc2c(C)nn(-c3ccccc3)c2C)C[C@@H]1O. The molecule has 6 nitrogen and oxygen atoms in total. The highest BCUT2D eigenvalue weighted by Gasteiger charge is 2.35. The molecule has 1 aliphatic rings. The lowest BCUT2D eigenvalue weighted by atomic mass is 10.0. The summed E-state index contributed by atoms with van der Waals surface area (Å²) in [6, 6.07) is 9.59. The molecule has 26 heavy (non-hydrogen) atoms. The fraction of sp³-hybridized carbons (Fsp3) is 0.500. The van der Waals surface area contributed by atoms with Gasteiger partial charge in [0.25, 0.3) is 0 Å². The summed E-state index contributed by atoms with van der Waals surface area (Å²) < 4.78 is 1.85. The van der Waals surface area contributed by atoms with E-state index in [4.69, 9.17) is 0 Å². The van der Waals surface area contributed by atoms with Gasteiger partial charge < -0.3 is 10.4 Å². The highest BCUT2D eigenvalue weighted by molar-refractivity contribution is 5.95. The van der Waals surface area contributed by atoms with Crippen LogP contribution >= 0.6 is 0 Å². The summed E-state index contributed by atoms with van der Waals surface area (Å²) >= 11 is 0. The Bertz CT molecular complexity index is 772. The van der Waals surface area contributed by atoms with Crippen molar-refractivity contribution in [2.45, 2.75) is 46.3 Å². The van der Waals surface area contributed by atoms with Crippen LogP contribution in [0.5, 0.6) is 0 Å². The molecule has 0 radical (unpaired) electrons. The average Bonchev–Trinajstić information content (AvgIpc) is 3.16. The number of aliphatic hydroxyl groups is 1. The van der Waals surface area contributed by atoms with E-state index in [2.05, 4.69) is 22.2 Å². The van der Waals surface area contributed by atoms with Crippen molar-refractivity contribution in [2.75, 3.05) is 18.4 Å². The number of carbonyl (C=O) groups excluding carboxylic acids is 1. The van der Waals surface area contributed by atoms with Crippen molar-refractivity contribution in [3.63, 3.8) is 0 Å². The second-order valence-corrected chi connectivity index (χ2v) is 7.15. The van der Waals surface area contributed by atoms with Gasteiger partial charge in [-0.1, -0.05) is 25.1 Å². The Morgan fingerprint density at radius 3 is 2.62 bits per heavy atom. The number of aromatic nitrogens is 2. The molecule has 0 bridgehead atoms. The van der Waals surface area contributed by atoms with Crippen molar-refractivity contribution >= 4 is 11.6 Å². The number of benzene rings is 1. The number of anilines is 1. The molecule has 1 aromatic heterocycles. The lowest BCUT2D eigenvalue weighted by Crippen LogP contribution is -2.41. The fourth-order valence-electron chi connectivity index (χ4n) is 3.64. The molecule has 1 aromatic carbocycles. The van der Waals surface area contributed by atoms with Crippen LogP contribution in [0.2, 0.25) is 0 Å². The maximum Gasteiger partial charge on any atom is 0.241 e. The van der Waals surface area contributed by atoms with Gasteiger partial charge in [0, 0.05) is 13.1 Å². The topological polar surface area (TPSA) is 70.4 Å². The van der Waals surface area contributed by atoms with Crippen LogP contribution in [0.3, 0.4) is 0 Å². The highest BCUT2D eigenvalue weighted by Crippen LogP contribution is 2.25.